The van der Waals surface area contributed by atoms with Crippen molar-refractivity contribution in [2.75, 3.05) is 26.4 Å². The zero-order valence-corrected chi connectivity index (χ0v) is 18.0. The molecule has 11 heteroatoms. The average Bonchev–Trinajstić information content (AvgIpc) is 3.47. The van der Waals surface area contributed by atoms with Crippen molar-refractivity contribution in [3.63, 3.8) is 0 Å². The summed E-state index contributed by atoms with van der Waals surface area (Å²) >= 11 is 0. The molecule has 2 fully saturated rings. The van der Waals surface area contributed by atoms with E-state index in [9.17, 15) is 9.90 Å². The summed E-state index contributed by atoms with van der Waals surface area (Å²) in [5.74, 6) is -0.386. The zero-order chi connectivity index (χ0) is 22.9. The number of cyclic esters (lactones) is 1. The van der Waals surface area contributed by atoms with Gasteiger partial charge in [0.2, 0.25) is 5.82 Å². The van der Waals surface area contributed by atoms with Gasteiger partial charge in [-0.05, 0) is 29.3 Å². The van der Waals surface area contributed by atoms with Crippen molar-refractivity contribution in [1.29, 1.82) is 0 Å². The van der Waals surface area contributed by atoms with Crippen LogP contribution in [0.1, 0.15) is 17.9 Å². The number of nitrogens with zero attached hydrogens (tertiary/aromatic N) is 6. The van der Waals surface area contributed by atoms with Gasteiger partial charge in [-0.3, -0.25) is 9.88 Å². The first-order chi connectivity index (χ1) is 16.0. The van der Waals surface area contributed by atoms with E-state index in [-0.39, 0.29) is 18.4 Å². The molecule has 4 heterocycles. The SMILES string of the molecule is Cn1nnc(-c2ccc(-c3ccc(C4CC(CO)CO[C@H]4N4CCOC4=O)cc3F)cn2)n1. The smallest absolute Gasteiger partial charge is 0.412 e. The first-order valence-corrected chi connectivity index (χ1v) is 10.7. The van der Waals surface area contributed by atoms with Crippen LogP contribution in [-0.2, 0) is 16.5 Å². The molecule has 10 nitrogen and oxygen atoms in total. The first kappa shape index (κ1) is 21.4. The van der Waals surface area contributed by atoms with Crippen LogP contribution in [0.15, 0.2) is 36.5 Å². The number of hydrogen-bond donors (Lipinski definition) is 1. The molecule has 1 amide bonds. The normalized spacial score (nSPS) is 23.1. The van der Waals surface area contributed by atoms with Gasteiger partial charge in [0.15, 0.2) is 0 Å². The summed E-state index contributed by atoms with van der Waals surface area (Å²) in [6, 6.07) is 8.47. The van der Waals surface area contributed by atoms with E-state index in [0.717, 1.165) is 0 Å². The predicted octanol–water partition coefficient (Wildman–Crippen LogP) is 1.97. The lowest BCUT2D eigenvalue weighted by Gasteiger charge is -2.39. The minimum Gasteiger partial charge on any atom is -0.447 e. The number of aliphatic hydroxyl groups excluding tert-OH is 1. The average molecular weight is 454 g/mol. The van der Waals surface area contributed by atoms with Crippen molar-refractivity contribution in [3.8, 4) is 22.6 Å². The molecule has 0 saturated carbocycles. The van der Waals surface area contributed by atoms with Crippen LogP contribution in [0.25, 0.3) is 22.6 Å². The lowest BCUT2D eigenvalue weighted by molar-refractivity contribution is -0.104. The molecule has 1 aromatic carbocycles. The van der Waals surface area contributed by atoms with Gasteiger partial charge in [-0.25, -0.2) is 9.18 Å². The van der Waals surface area contributed by atoms with E-state index in [1.54, 1.807) is 31.4 Å². The molecule has 2 aromatic heterocycles. The Morgan fingerprint density at radius 1 is 1.27 bits per heavy atom. The quantitative estimate of drug-likeness (QED) is 0.622. The third-order valence-corrected chi connectivity index (χ3v) is 6.02. The molecule has 0 spiro atoms. The fourth-order valence-electron chi connectivity index (χ4n) is 4.33. The molecular formula is C22H23FN6O4. The molecule has 2 aliphatic rings. The summed E-state index contributed by atoms with van der Waals surface area (Å²) in [7, 11) is 1.67. The lowest BCUT2D eigenvalue weighted by atomic mass is 9.84. The molecule has 172 valence electrons. The Morgan fingerprint density at radius 2 is 2.15 bits per heavy atom. The van der Waals surface area contributed by atoms with E-state index in [1.165, 1.54) is 15.8 Å². The number of carbonyl (C=O) groups excluding carboxylic acids is 1. The van der Waals surface area contributed by atoms with Crippen LogP contribution in [0.2, 0.25) is 0 Å². The molecule has 0 radical (unpaired) electrons. The highest BCUT2D eigenvalue weighted by Gasteiger charge is 2.41. The second kappa shape index (κ2) is 8.83. The molecule has 3 aromatic rings. The molecule has 0 aliphatic carbocycles. The fourth-order valence-corrected chi connectivity index (χ4v) is 4.33. The summed E-state index contributed by atoms with van der Waals surface area (Å²) < 4.78 is 26.2. The van der Waals surface area contributed by atoms with E-state index in [4.69, 9.17) is 9.47 Å². The van der Waals surface area contributed by atoms with Gasteiger partial charge in [-0.1, -0.05) is 18.2 Å². The van der Waals surface area contributed by atoms with Crippen molar-refractivity contribution in [1.82, 2.24) is 30.1 Å². The Kier molecular flexibility index (Phi) is 5.73. The maximum atomic E-state index is 15.2. The van der Waals surface area contributed by atoms with Crippen molar-refractivity contribution < 1.29 is 23.8 Å². The largest absolute Gasteiger partial charge is 0.447 e. The number of amides is 1. The van der Waals surface area contributed by atoms with Gasteiger partial charge in [0.1, 0.15) is 24.3 Å². The van der Waals surface area contributed by atoms with E-state index in [2.05, 4.69) is 20.4 Å². The lowest BCUT2D eigenvalue weighted by Crippen LogP contribution is -2.47. The highest BCUT2D eigenvalue weighted by molar-refractivity contribution is 5.70. The molecule has 1 N–H and O–H groups in total. The van der Waals surface area contributed by atoms with Gasteiger partial charge in [-0.2, -0.15) is 4.80 Å². The summed E-state index contributed by atoms with van der Waals surface area (Å²) in [5.41, 5.74) is 2.25. The van der Waals surface area contributed by atoms with Crippen molar-refractivity contribution >= 4 is 6.09 Å². The van der Waals surface area contributed by atoms with E-state index in [0.29, 0.717) is 54.4 Å². The van der Waals surface area contributed by atoms with Crippen molar-refractivity contribution in [3.05, 3.63) is 47.9 Å². The van der Waals surface area contributed by atoms with Crippen molar-refractivity contribution in [2.24, 2.45) is 13.0 Å². The van der Waals surface area contributed by atoms with Crippen LogP contribution in [0, 0.1) is 11.7 Å². The highest BCUT2D eigenvalue weighted by atomic mass is 19.1. The second-order valence-electron chi connectivity index (χ2n) is 8.20. The Bertz CT molecular complexity index is 1150. The number of aliphatic hydroxyl groups is 1. The molecule has 5 rings (SSSR count). The van der Waals surface area contributed by atoms with Gasteiger partial charge in [0.05, 0.1) is 20.2 Å². The van der Waals surface area contributed by atoms with Crippen LogP contribution in [0.4, 0.5) is 9.18 Å². The highest BCUT2D eigenvalue weighted by Crippen LogP contribution is 2.38. The molecule has 3 atom stereocenters. The molecular weight excluding hydrogens is 431 g/mol. The Labute approximate surface area is 188 Å². The number of tetrazole rings is 1. The number of aryl methyl sites for hydroxylation is 1. The van der Waals surface area contributed by atoms with E-state index < -0.39 is 18.1 Å². The summed E-state index contributed by atoms with van der Waals surface area (Å²) in [4.78, 5) is 19.3. The van der Waals surface area contributed by atoms with Gasteiger partial charge in [-0.15, -0.1) is 10.2 Å². The van der Waals surface area contributed by atoms with Gasteiger partial charge in [0, 0.05) is 35.8 Å². The minimum absolute atomic E-state index is 0.0348. The van der Waals surface area contributed by atoms with Crippen LogP contribution in [0.3, 0.4) is 0 Å². The van der Waals surface area contributed by atoms with Crippen LogP contribution < -0.4 is 0 Å². The van der Waals surface area contributed by atoms with Gasteiger partial charge in [0.25, 0.3) is 0 Å². The monoisotopic (exact) mass is 454 g/mol. The maximum Gasteiger partial charge on any atom is 0.412 e. The van der Waals surface area contributed by atoms with E-state index in [1.807, 2.05) is 6.07 Å². The fraction of sp³-hybridized carbons (Fsp3) is 0.409. The molecule has 2 unspecified atom stereocenters. The summed E-state index contributed by atoms with van der Waals surface area (Å²) in [6.45, 7) is 1.02. The van der Waals surface area contributed by atoms with Crippen molar-refractivity contribution in [2.45, 2.75) is 18.6 Å². The topological polar surface area (TPSA) is 115 Å². The Morgan fingerprint density at radius 3 is 2.79 bits per heavy atom. The van der Waals surface area contributed by atoms with Gasteiger partial charge >= 0.3 is 6.09 Å². The number of carbonyl (C=O) groups is 1. The molecule has 0 bridgehead atoms. The summed E-state index contributed by atoms with van der Waals surface area (Å²) in [5, 5.41) is 21.5. The third kappa shape index (κ3) is 4.16. The first-order valence-electron chi connectivity index (χ1n) is 10.7. The number of aromatic nitrogens is 5. The van der Waals surface area contributed by atoms with E-state index >= 15 is 4.39 Å². The van der Waals surface area contributed by atoms with Crippen LogP contribution >= 0.6 is 0 Å². The number of halogens is 1. The van der Waals surface area contributed by atoms with Gasteiger partial charge < -0.3 is 14.6 Å². The predicted molar refractivity (Wildman–Crippen MR) is 113 cm³/mol. The maximum absolute atomic E-state index is 15.2. The Hall–Kier alpha value is -3.44. The summed E-state index contributed by atoms with van der Waals surface area (Å²) in [6.07, 6.45) is 1.14. The standard InChI is InChI=1S/C22H23FN6O4/c1-28-26-20(25-27-28)19-5-3-15(10-24-19)16-4-2-14(9-18(16)23)17-8-13(11-30)12-33-21(17)29-6-7-32-22(29)31/h2-5,9-10,13,17,21,30H,6-8,11-12H2,1H3/t13?,17?,21-/m1/s1. The zero-order valence-electron chi connectivity index (χ0n) is 18.0. The number of pyridine rings is 1. The molecule has 2 saturated heterocycles. The number of rotatable bonds is 5. The Balaban J connectivity index is 1.41. The number of ether oxygens (including phenoxy) is 2. The second-order valence-corrected chi connectivity index (χ2v) is 8.20. The van der Waals surface area contributed by atoms with Crippen LogP contribution in [-0.4, -0.2) is 73.9 Å². The third-order valence-electron chi connectivity index (χ3n) is 6.02. The molecule has 33 heavy (non-hydrogen) atoms. The van der Waals surface area contributed by atoms with Crippen LogP contribution in [0.5, 0.6) is 0 Å². The minimum atomic E-state index is -0.562. The number of benzene rings is 1. The number of hydrogen-bond acceptors (Lipinski definition) is 8. The molecule has 2 aliphatic heterocycles.